The smallest absolute Gasteiger partial charge is 0.293 e. The monoisotopic (exact) mass is 346 g/mol. The third-order valence-electron chi connectivity index (χ3n) is 3.62. The first-order valence-corrected chi connectivity index (χ1v) is 7.20. The largest absolute Gasteiger partial charge is 0.390 e. The Hall–Kier alpha value is -1.21. The van der Waals surface area contributed by atoms with Gasteiger partial charge in [0.2, 0.25) is 0 Å². The Morgan fingerprint density at radius 1 is 1.45 bits per heavy atom. The summed E-state index contributed by atoms with van der Waals surface area (Å²) in [6, 6.07) is 2.37. The maximum Gasteiger partial charge on any atom is 0.293 e. The van der Waals surface area contributed by atoms with Gasteiger partial charge in [-0.2, -0.15) is 0 Å². The lowest BCUT2D eigenvalue weighted by Gasteiger charge is -2.24. The second-order valence-corrected chi connectivity index (χ2v) is 6.20. The van der Waals surface area contributed by atoms with Crippen LogP contribution in [0.1, 0.15) is 26.2 Å². The van der Waals surface area contributed by atoms with Crippen molar-refractivity contribution < 1.29 is 14.4 Å². The molecule has 5 nitrogen and oxygen atoms in total. The molecule has 0 spiro atoms. The zero-order valence-electron chi connectivity index (χ0n) is 11.1. The lowest BCUT2D eigenvalue weighted by molar-refractivity contribution is -0.384. The second-order valence-electron chi connectivity index (χ2n) is 5.35. The van der Waals surface area contributed by atoms with Gasteiger partial charge in [0.1, 0.15) is 11.5 Å². The molecule has 0 bridgehead atoms. The van der Waals surface area contributed by atoms with Gasteiger partial charge >= 0.3 is 0 Å². The standard InChI is InChI=1S/C13H16BrFN2O3/c1-13(18)3-2-5-16(6-4-13)11-8-10(15)9(14)7-12(11)17(19)20/h7-8,18H,2-6H2,1H3. The number of aliphatic hydroxyl groups is 1. The molecular formula is C13H16BrFN2O3. The van der Waals surface area contributed by atoms with Crippen LogP contribution in [0.15, 0.2) is 16.6 Å². The van der Waals surface area contributed by atoms with Gasteiger partial charge in [0.15, 0.2) is 0 Å². The zero-order chi connectivity index (χ0) is 14.9. The third-order valence-corrected chi connectivity index (χ3v) is 4.23. The van der Waals surface area contributed by atoms with Crippen LogP contribution >= 0.6 is 15.9 Å². The Morgan fingerprint density at radius 2 is 2.15 bits per heavy atom. The highest BCUT2D eigenvalue weighted by Crippen LogP contribution is 2.35. The highest BCUT2D eigenvalue weighted by molar-refractivity contribution is 9.10. The summed E-state index contributed by atoms with van der Waals surface area (Å²) in [4.78, 5) is 12.4. The zero-order valence-corrected chi connectivity index (χ0v) is 12.7. The third kappa shape index (κ3) is 3.27. The van der Waals surface area contributed by atoms with Crippen LogP contribution in [0.3, 0.4) is 0 Å². The van der Waals surface area contributed by atoms with Crippen molar-refractivity contribution in [3.05, 3.63) is 32.5 Å². The summed E-state index contributed by atoms with van der Waals surface area (Å²) >= 11 is 2.97. The van der Waals surface area contributed by atoms with Gasteiger partial charge in [0.05, 0.1) is 15.0 Å². The van der Waals surface area contributed by atoms with Crippen molar-refractivity contribution in [2.75, 3.05) is 18.0 Å². The number of anilines is 1. The Morgan fingerprint density at radius 3 is 2.80 bits per heavy atom. The minimum atomic E-state index is -0.766. The van der Waals surface area contributed by atoms with E-state index in [1.54, 1.807) is 11.8 Å². The van der Waals surface area contributed by atoms with E-state index in [2.05, 4.69) is 15.9 Å². The molecule has 7 heteroatoms. The highest BCUT2D eigenvalue weighted by atomic mass is 79.9. The van der Waals surface area contributed by atoms with E-state index in [0.29, 0.717) is 32.4 Å². The molecule has 1 aromatic carbocycles. The molecule has 1 fully saturated rings. The summed E-state index contributed by atoms with van der Waals surface area (Å²) in [5, 5.41) is 21.2. The lowest BCUT2D eigenvalue weighted by atomic mass is 9.98. The van der Waals surface area contributed by atoms with Crippen LogP contribution in [0.5, 0.6) is 0 Å². The number of nitro benzene ring substituents is 1. The van der Waals surface area contributed by atoms with E-state index in [-0.39, 0.29) is 15.8 Å². The molecule has 2 rings (SSSR count). The number of rotatable bonds is 2. The van der Waals surface area contributed by atoms with Crippen LogP contribution in [0.2, 0.25) is 0 Å². The molecule has 0 amide bonds. The highest BCUT2D eigenvalue weighted by Gasteiger charge is 2.28. The molecule has 1 saturated heterocycles. The molecule has 110 valence electrons. The predicted octanol–water partition coefficient (Wildman–Crippen LogP) is 3.24. The van der Waals surface area contributed by atoms with Gasteiger partial charge in [-0.3, -0.25) is 10.1 Å². The molecule has 1 atom stereocenters. The van der Waals surface area contributed by atoms with Crippen molar-refractivity contribution in [1.29, 1.82) is 0 Å². The predicted molar refractivity (Wildman–Crippen MR) is 77.4 cm³/mol. The maximum absolute atomic E-state index is 13.7. The average molecular weight is 347 g/mol. The molecule has 1 aliphatic rings. The number of benzene rings is 1. The fourth-order valence-corrected chi connectivity index (χ4v) is 2.76. The first kappa shape index (κ1) is 15.2. The topological polar surface area (TPSA) is 66.6 Å². The first-order chi connectivity index (χ1) is 9.30. The van der Waals surface area contributed by atoms with Gasteiger partial charge < -0.3 is 10.0 Å². The summed E-state index contributed by atoms with van der Waals surface area (Å²) in [6.45, 7) is 2.79. The van der Waals surface area contributed by atoms with E-state index in [0.717, 1.165) is 0 Å². The van der Waals surface area contributed by atoms with Crippen molar-refractivity contribution in [1.82, 2.24) is 0 Å². The fraction of sp³-hybridized carbons (Fsp3) is 0.538. The normalized spacial score (nSPS) is 23.5. The molecule has 1 aromatic rings. The quantitative estimate of drug-likeness (QED) is 0.659. The Bertz CT molecular complexity index is 537. The Balaban J connectivity index is 2.36. The molecule has 0 saturated carbocycles. The van der Waals surface area contributed by atoms with Gasteiger partial charge in [-0.1, -0.05) is 0 Å². The van der Waals surface area contributed by atoms with Crippen molar-refractivity contribution in [2.45, 2.75) is 31.8 Å². The molecule has 20 heavy (non-hydrogen) atoms. The van der Waals surface area contributed by atoms with Crippen molar-refractivity contribution in [2.24, 2.45) is 0 Å². The van der Waals surface area contributed by atoms with Crippen molar-refractivity contribution in [3.63, 3.8) is 0 Å². The van der Waals surface area contributed by atoms with Gasteiger partial charge in [-0.05, 0) is 42.1 Å². The second kappa shape index (κ2) is 5.65. The number of nitro groups is 1. The average Bonchev–Trinajstić information content (AvgIpc) is 2.53. The summed E-state index contributed by atoms with van der Waals surface area (Å²) in [5.41, 5.74) is -0.620. The Kier molecular flexibility index (Phi) is 4.29. The van der Waals surface area contributed by atoms with E-state index in [9.17, 15) is 19.6 Å². The molecule has 1 unspecified atom stereocenters. The number of nitrogens with zero attached hydrogens (tertiary/aromatic N) is 2. The van der Waals surface area contributed by atoms with E-state index < -0.39 is 16.3 Å². The minimum Gasteiger partial charge on any atom is -0.390 e. The van der Waals surface area contributed by atoms with Gasteiger partial charge in [-0.25, -0.2) is 4.39 Å². The van der Waals surface area contributed by atoms with Crippen LogP contribution in [-0.2, 0) is 0 Å². The summed E-state index contributed by atoms with van der Waals surface area (Å²) in [7, 11) is 0. The Labute approximate surface area is 124 Å². The molecule has 0 aromatic heterocycles. The minimum absolute atomic E-state index is 0.0785. The first-order valence-electron chi connectivity index (χ1n) is 6.41. The van der Waals surface area contributed by atoms with E-state index in [1.807, 2.05) is 0 Å². The van der Waals surface area contributed by atoms with Crippen LogP contribution in [0.4, 0.5) is 15.8 Å². The van der Waals surface area contributed by atoms with Crippen LogP contribution < -0.4 is 4.90 Å². The number of halogens is 2. The van der Waals surface area contributed by atoms with Gasteiger partial charge in [0, 0.05) is 25.2 Å². The fourth-order valence-electron chi connectivity index (χ4n) is 2.43. The van der Waals surface area contributed by atoms with E-state index >= 15 is 0 Å². The molecule has 1 N–H and O–H groups in total. The molecule has 0 radical (unpaired) electrons. The van der Waals surface area contributed by atoms with Crippen molar-refractivity contribution in [3.8, 4) is 0 Å². The summed E-state index contributed by atoms with van der Waals surface area (Å²) in [5.74, 6) is -0.526. The maximum atomic E-state index is 13.7. The van der Waals surface area contributed by atoms with Crippen LogP contribution in [0, 0.1) is 15.9 Å². The lowest BCUT2D eigenvalue weighted by Crippen LogP contribution is -2.28. The van der Waals surface area contributed by atoms with E-state index in [4.69, 9.17) is 0 Å². The molecule has 1 heterocycles. The number of hydrogen-bond acceptors (Lipinski definition) is 4. The van der Waals surface area contributed by atoms with Crippen LogP contribution in [0.25, 0.3) is 0 Å². The summed E-state index contributed by atoms with van der Waals surface area (Å²) < 4.78 is 13.8. The van der Waals surface area contributed by atoms with Crippen LogP contribution in [-0.4, -0.2) is 28.7 Å². The van der Waals surface area contributed by atoms with Gasteiger partial charge in [0.25, 0.3) is 5.69 Å². The number of hydrogen-bond donors (Lipinski definition) is 1. The van der Waals surface area contributed by atoms with Gasteiger partial charge in [-0.15, -0.1) is 0 Å². The van der Waals surface area contributed by atoms with Crippen molar-refractivity contribution >= 4 is 27.3 Å². The molecular weight excluding hydrogens is 331 g/mol. The molecule has 1 aliphatic heterocycles. The summed E-state index contributed by atoms with van der Waals surface area (Å²) in [6.07, 6.45) is 1.85. The molecule has 0 aliphatic carbocycles. The SMILES string of the molecule is CC1(O)CCCN(c2cc(F)c(Br)cc2[N+](=O)[O-])CC1. The van der Waals surface area contributed by atoms with E-state index in [1.165, 1.54) is 12.1 Å².